The van der Waals surface area contributed by atoms with Crippen LogP contribution in [0.15, 0.2) is 219 Å². The summed E-state index contributed by atoms with van der Waals surface area (Å²) in [5, 5.41) is 0. The van der Waals surface area contributed by atoms with E-state index in [0.29, 0.717) is 84.5 Å². The van der Waals surface area contributed by atoms with Gasteiger partial charge in [0.15, 0.2) is 11.6 Å². The molecule has 0 aliphatic rings. The van der Waals surface area contributed by atoms with Crippen molar-refractivity contribution in [3.63, 3.8) is 0 Å². The predicted molar refractivity (Wildman–Crippen MR) is 296 cm³/mol. The quantitative estimate of drug-likeness (QED) is 0.0462. The van der Waals surface area contributed by atoms with Crippen LogP contribution in [0, 0.1) is 13.8 Å². The van der Waals surface area contributed by atoms with Crippen LogP contribution in [0.25, 0.3) is 0 Å². The Labute approximate surface area is 430 Å². The first-order valence-corrected chi connectivity index (χ1v) is 26.0. The third kappa shape index (κ3) is 12.7. The molecule has 368 valence electrons. The van der Waals surface area contributed by atoms with E-state index in [-0.39, 0.29) is 11.6 Å². The molecule has 0 radical (unpaired) electrons. The Morgan fingerprint density at radius 2 is 0.726 bits per heavy atom. The summed E-state index contributed by atoms with van der Waals surface area (Å²) in [7, 11) is -3.91. The van der Waals surface area contributed by atoms with Crippen LogP contribution in [0.1, 0.15) is 65.2 Å². The number of ether oxygens (including phenoxy) is 2. The number of carbonyl (C=O) groups excluding carboxylic acids is 2. The zero-order chi connectivity index (χ0) is 51.3. The van der Waals surface area contributed by atoms with Crippen LogP contribution in [0.3, 0.4) is 0 Å². The minimum atomic E-state index is -3.91. The van der Waals surface area contributed by atoms with Crippen molar-refractivity contribution in [1.29, 1.82) is 0 Å². The van der Waals surface area contributed by atoms with E-state index in [2.05, 4.69) is 47.2 Å². The van der Waals surface area contributed by atoms with E-state index >= 15 is 0 Å². The molecule has 0 saturated carbocycles. The van der Waals surface area contributed by atoms with Gasteiger partial charge in [-0.05, 0) is 120 Å². The fourth-order valence-corrected chi connectivity index (χ4v) is 10.0. The zero-order valence-corrected chi connectivity index (χ0v) is 42.3. The number of ketones is 2. The maximum atomic E-state index is 14.3. The van der Waals surface area contributed by atoms with E-state index < -0.39 is 10.0 Å². The van der Waals surface area contributed by atoms with E-state index in [0.717, 1.165) is 44.8 Å². The van der Waals surface area contributed by atoms with Gasteiger partial charge in [-0.25, -0.2) is 12.7 Å². The fourth-order valence-electron chi connectivity index (χ4n) is 8.91. The molecule has 0 amide bonds. The van der Waals surface area contributed by atoms with E-state index in [1.165, 1.54) is 10.6 Å². The third-order valence-electron chi connectivity index (χ3n) is 12.6. The van der Waals surface area contributed by atoms with E-state index in [1.807, 2.05) is 135 Å². The van der Waals surface area contributed by atoms with Crippen LogP contribution in [-0.2, 0) is 36.2 Å². The first-order chi connectivity index (χ1) is 35.4. The lowest BCUT2D eigenvalue weighted by atomic mass is 10.0. The molecule has 0 bridgehead atoms. The summed E-state index contributed by atoms with van der Waals surface area (Å²) >= 11 is 0. The fraction of sp³-hybridized carbons (Fsp3) is 0.143. The molecule has 0 aliphatic heterocycles. The summed E-state index contributed by atoms with van der Waals surface area (Å²) in [5.74, 6) is 1.15. The third-order valence-corrected chi connectivity index (χ3v) is 13.6. The normalized spacial score (nSPS) is 11.1. The van der Waals surface area contributed by atoms with Gasteiger partial charge in [0.25, 0.3) is 0 Å². The molecule has 0 heterocycles. The number of hydrogen-bond donors (Lipinski definition) is 0. The second kappa shape index (κ2) is 23.6. The first kappa shape index (κ1) is 50.9. The van der Waals surface area contributed by atoms with Gasteiger partial charge in [-0.3, -0.25) is 9.59 Å². The molecule has 0 spiro atoms. The van der Waals surface area contributed by atoms with Crippen molar-refractivity contribution in [2.45, 2.75) is 40.0 Å². The van der Waals surface area contributed by atoms with E-state index in [1.54, 1.807) is 60.7 Å². The Morgan fingerprint density at radius 1 is 0.425 bits per heavy atom. The van der Waals surface area contributed by atoms with Gasteiger partial charge in [0.2, 0.25) is 10.0 Å². The summed E-state index contributed by atoms with van der Waals surface area (Å²) in [4.78, 5) is 31.5. The molecular weight excluding hydrogens is 927 g/mol. The van der Waals surface area contributed by atoms with Crippen LogP contribution in [0.2, 0.25) is 0 Å². The molecule has 0 aliphatic carbocycles. The molecule has 10 heteroatoms. The van der Waals surface area contributed by atoms with Gasteiger partial charge in [0.05, 0.1) is 17.6 Å². The SMILES string of the molecule is C=CCOc1ccc(C(=O)c2ccc(CN(Cc3ccccc3)c3cccc(N(c4cccc(N(Cc5ccccc5)Cc5ccc(C(=O)c6ccc(OCC=C)cc6)cc5)c4C)S(C)(=O)=O)c3C)cc2)cc1. The molecule has 0 fully saturated rings. The molecule has 8 aromatic carbocycles. The summed E-state index contributed by atoms with van der Waals surface area (Å²) in [6.45, 7) is 14.1. The van der Waals surface area contributed by atoms with Crippen molar-refractivity contribution < 1.29 is 27.5 Å². The molecule has 73 heavy (non-hydrogen) atoms. The molecule has 0 aromatic heterocycles. The monoisotopic (exact) mass is 985 g/mol. The molecule has 0 unspecified atom stereocenters. The number of hydrogen-bond acceptors (Lipinski definition) is 8. The average molecular weight is 986 g/mol. The molecule has 9 nitrogen and oxygen atoms in total. The van der Waals surface area contributed by atoms with Gasteiger partial charge in [-0.2, -0.15) is 0 Å². The first-order valence-electron chi connectivity index (χ1n) is 24.1. The zero-order valence-electron chi connectivity index (χ0n) is 41.5. The van der Waals surface area contributed by atoms with Gasteiger partial charge < -0.3 is 19.3 Å². The Bertz CT molecular complexity index is 3080. The largest absolute Gasteiger partial charge is 0.490 e. The standard InChI is InChI=1S/C63H59N3O6S/c1-6-40-71-56-36-32-54(33-37-56)62(67)52-28-24-50(25-29-52)44-64(42-48-16-10-8-11-17-48)58-20-14-22-60(46(58)3)66(73(5,69)70)61-23-15-21-59(47(61)4)65(43-49-18-12-9-13-19-49)45-51-26-30-53(31-27-51)63(68)55-34-38-57(39-35-55)72-41-7-2/h6-39H,1-2,40-45H2,3-5H3. The molecule has 8 rings (SSSR count). The Morgan fingerprint density at radius 3 is 1.04 bits per heavy atom. The molecule has 0 N–H and O–H groups in total. The summed E-state index contributed by atoms with van der Waals surface area (Å²) < 4.78 is 41.2. The van der Waals surface area contributed by atoms with Crippen molar-refractivity contribution in [1.82, 2.24) is 0 Å². The molecular formula is C63H59N3O6S. The lowest BCUT2D eigenvalue weighted by Crippen LogP contribution is -2.29. The molecule has 8 aromatic rings. The second-order valence-electron chi connectivity index (χ2n) is 17.9. The minimum Gasteiger partial charge on any atom is -0.490 e. The van der Waals surface area contributed by atoms with Gasteiger partial charge >= 0.3 is 0 Å². The van der Waals surface area contributed by atoms with Crippen LogP contribution < -0.4 is 23.6 Å². The van der Waals surface area contributed by atoms with Crippen molar-refractivity contribution in [2.75, 3.05) is 33.6 Å². The highest BCUT2D eigenvalue weighted by atomic mass is 32.2. The van der Waals surface area contributed by atoms with Crippen molar-refractivity contribution in [3.05, 3.63) is 275 Å². The van der Waals surface area contributed by atoms with Crippen LogP contribution >= 0.6 is 0 Å². The highest BCUT2D eigenvalue weighted by Crippen LogP contribution is 2.41. The number of rotatable bonds is 23. The number of anilines is 4. The van der Waals surface area contributed by atoms with E-state index in [4.69, 9.17) is 9.47 Å². The second-order valence-corrected chi connectivity index (χ2v) is 19.7. The highest BCUT2D eigenvalue weighted by Gasteiger charge is 2.27. The topological polar surface area (TPSA) is 96.5 Å². The number of nitrogens with zero attached hydrogens (tertiary/aromatic N) is 3. The number of carbonyl (C=O) groups is 2. The highest BCUT2D eigenvalue weighted by molar-refractivity contribution is 7.92. The Kier molecular flexibility index (Phi) is 16.5. The van der Waals surface area contributed by atoms with Crippen LogP contribution in [0.5, 0.6) is 11.5 Å². The smallest absolute Gasteiger partial charge is 0.236 e. The molecule has 0 saturated heterocycles. The van der Waals surface area contributed by atoms with Gasteiger partial charge in [-0.1, -0.05) is 147 Å². The van der Waals surface area contributed by atoms with Gasteiger partial charge in [0, 0.05) is 59.8 Å². The number of benzene rings is 8. The van der Waals surface area contributed by atoms with Crippen LogP contribution in [-0.4, -0.2) is 39.5 Å². The molecule has 0 atom stereocenters. The lowest BCUT2D eigenvalue weighted by molar-refractivity contribution is 0.103. The minimum absolute atomic E-state index is 0.0912. The summed E-state index contributed by atoms with van der Waals surface area (Å²) in [6.07, 6.45) is 4.59. The maximum absolute atomic E-state index is 14.3. The number of sulfonamides is 1. The van der Waals surface area contributed by atoms with E-state index in [9.17, 15) is 18.0 Å². The summed E-state index contributed by atoms with van der Waals surface area (Å²) in [5.41, 5.74) is 10.8. The van der Waals surface area contributed by atoms with Crippen molar-refractivity contribution in [3.8, 4) is 11.5 Å². The maximum Gasteiger partial charge on any atom is 0.236 e. The Hall–Kier alpha value is -8.47. The van der Waals surface area contributed by atoms with Crippen molar-refractivity contribution >= 4 is 44.3 Å². The summed E-state index contributed by atoms with van der Waals surface area (Å²) in [6, 6.07) is 61.4. The lowest BCUT2D eigenvalue weighted by Gasteiger charge is -2.33. The predicted octanol–water partition coefficient (Wildman–Crippen LogP) is 13.4. The van der Waals surface area contributed by atoms with Crippen molar-refractivity contribution in [2.24, 2.45) is 0 Å². The Balaban J connectivity index is 1.09. The average Bonchev–Trinajstić information content (AvgIpc) is 3.41. The van der Waals surface area contributed by atoms with Gasteiger partial charge in [0.1, 0.15) is 24.7 Å². The van der Waals surface area contributed by atoms with Gasteiger partial charge in [-0.15, -0.1) is 0 Å². The van der Waals surface area contributed by atoms with Crippen LogP contribution in [0.4, 0.5) is 22.7 Å².